The van der Waals surface area contributed by atoms with Crippen LogP contribution in [-0.4, -0.2) is 13.4 Å². The first-order valence-electron chi connectivity index (χ1n) is 5.30. The maximum Gasteiger partial charge on any atom is 0.262 e. The summed E-state index contributed by atoms with van der Waals surface area (Å²) in [5.41, 5.74) is 0.737. The largest absolute Gasteiger partial charge is 0.278 e. The van der Waals surface area contributed by atoms with Crippen LogP contribution in [0, 0.1) is 12.7 Å². The third-order valence-electron chi connectivity index (χ3n) is 2.40. The van der Waals surface area contributed by atoms with Gasteiger partial charge in [0.1, 0.15) is 11.0 Å². The fraction of sp³-hybridized carbons (Fsp3) is 0.0833. The molecule has 1 heterocycles. The Bertz CT molecular complexity index is 719. The molecule has 2 rings (SSSR count). The first kappa shape index (κ1) is 13.8. The molecule has 19 heavy (non-hydrogen) atoms. The Hall–Kier alpha value is -1.66. The summed E-state index contributed by atoms with van der Waals surface area (Å²) in [7, 11) is -3.84. The number of rotatable bonds is 3. The Labute approximate surface area is 115 Å². The normalized spacial score (nSPS) is 11.3. The molecule has 0 aliphatic heterocycles. The number of hydrogen-bond donors (Lipinski definition) is 1. The molecule has 0 fully saturated rings. The SMILES string of the molecule is Cc1nc(Cl)ccc1NS(=O)(=O)c1cccc(F)c1. The number of halogens is 2. The molecule has 2 aromatic rings. The van der Waals surface area contributed by atoms with E-state index in [0.717, 1.165) is 6.07 Å². The van der Waals surface area contributed by atoms with Crippen molar-refractivity contribution >= 4 is 27.3 Å². The van der Waals surface area contributed by atoms with Crippen LogP contribution in [0.15, 0.2) is 41.3 Å². The molecule has 1 aromatic heterocycles. The Balaban J connectivity index is 2.36. The summed E-state index contributed by atoms with van der Waals surface area (Å²) in [6.45, 7) is 1.62. The maximum absolute atomic E-state index is 13.0. The smallest absolute Gasteiger partial charge is 0.262 e. The number of nitrogens with one attached hydrogen (secondary N) is 1. The van der Waals surface area contributed by atoms with Gasteiger partial charge in [0, 0.05) is 0 Å². The molecule has 0 saturated carbocycles. The number of pyridine rings is 1. The molecule has 0 spiro atoms. The van der Waals surface area contributed by atoms with E-state index in [9.17, 15) is 12.8 Å². The van der Waals surface area contributed by atoms with Gasteiger partial charge in [-0.1, -0.05) is 17.7 Å². The van der Waals surface area contributed by atoms with Gasteiger partial charge in [-0.05, 0) is 37.3 Å². The molecule has 1 N–H and O–H groups in total. The highest BCUT2D eigenvalue weighted by Crippen LogP contribution is 2.20. The highest BCUT2D eigenvalue weighted by Gasteiger charge is 2.16. The van der Waals surface area contributed by atoms with Crippen LogP contribution in [0.1, 0.15) is 5.69 Å². The zero-order chi connectivity index (χ0) is 14.0. The summed E-state index contributed by atoms with van der Waals surface area (Å²) in [5.74, 6) is -0.617. The first-order valence-corrected chi connectivity index (χ1v) is 7.16. The summed E-state index contributed by atoms with van der Waals surface area (Å²) in [5, 5.41) is 0.270. The van der Waals surface area contributed by atoms with Gasteiger partial charge in [-0.25, -0.2) is 17.8 Å². The Kier molecular flexibility index (Phi) is 3.73. The second kappa shape index (κ2) is 5.14. The molecular formula is C12H10ClFN2O2S. The average molecular weight is 301 g/mol. The van der Waals surface area contributed by atoms with E-state index in [0.29, 0.717) is 11.4 Å². The second-order valence-corrected chi connectivity index (χ2v) is 5.90. The predicted octanol–water partition coefficient (Wildman–Crippen LogP) is 2.98. The van der Waals surface area contributed by atoms with Crippen molar-refractivity contribution in [3.05, 3.63) is 53.1 Å². The maximum atomic E-state index is 13.0. The lowest BCUT2D eigenvalue weighted by molar-refractivity contribution is 0.595. The van der Waals surface area contributed by atoms with E-state index in [4.69, 9.17) is 11.6 Å². The van der Waals surface area contributed by atoms with E-state index in [2.05, 4.69) is 9.71 Å². The Morgan fingerprint density at radius 3 is 2.63 bits per heavy atom. The molecule has 0 unspecified atom stereocenters. The minimum absolute atomic E-state index is 0.151. The fourth-order valence-corrected chi connectivity index (χ4v) is 2.81. The van der Waals surface area contributed by atoms with Crippen molar-refractivity contribution in [3.63, 3.8) is 0 Å². The first-order chi connectivity index (χ1) is 8.88. The van der Waals surface area contributed by atoms with Gasteiger partial charge in [-0.15, -0.1) is 0 Å². The zero-order valence-electron chi connectivity index (χ0n) is 9.89. The highest BCUT2D eigenvalue weighted by molar-refractivity contribution is 7.92. The Morgan fingerprint density at radius 1 is 1.26 bits per heavy atom. The summed E-state index contributed by atoms with van der Waals surface area (Å²) in [4.78, 5) is 3.78. The number of aromatic nitrogens is 1. The molecule has 0 radical (unpaired) electrons. The van der Waals surface area contributed by atoms with Crippen LogP contribution in [0.3, 0.4) is 0 Å². The van der Waals surface area contributed by atoms with Gasteiger partial charge >= 0.3 is 0 Å². The third-order valence-corrected chi connectivity index (χ3v) is 3.98. The number of sulfonamides is 1. The number of benzene rings is 1. The number of hydrogen-bond acceptors (Lipinski definition) is 3. The molecule has 0 bridgehead atoms. The van der Waals surface area contributed by atoms with E-state index >= 15 is 0 Å². The van der Waals surface area contributed by atoms with Gasteiger partial charge in [-0.3, -0.25) is 4.72 Å². The lowest BCUT2D eigenvalue weighted by Crippen LogP contribution is -2.14. The highest BCUT2D eigenvalue weighted by atomic mass is 35.5. The van der Waals surface area contributed by atoms with Crippen molar-refractivity contribution in [2.24, 2.45) is 0 Å². The molecule has 0 amide bonds. The van der Waals surface area contributed by atoms with E-state index < -0.39 is 15.8 Å². The molecule has 100 valence electrons. The molecule has 1 aromatic carbocycles. The predicted molar refractivity (Wildman–Crippen MR) is 71.2 cm³/mol. The van der Waals surface area contributed by atoms with Crippen LogP contribution in [0.5, 0.6) is 0 Å². The van der Waals surface area contributed by atoms with Gasteiger partial charge in [0.15, 0.2) is 0 Å². The minimum atomic E-state index is -3.84. The van der Waals surface area contributed by atoms with E-state index in [1.807, 2.05) is 0 Å². The molecule has 0 saturated heterocycles. The van der Waals surface area contributed by atoms with Crippen LogP contribution in [-0.2, 0) is 10.0 Å². The van der Waals surface area contributed by atoms with Crippen molar-refractivity contribution in [3.8, 4) is 0 Å². The number of aryl methyl sites for hydroxylation is 1. The summed E-state index contributed by atoms with van der Waals surface area (Å²) in [6, 6.07) is 7.73. The number of anilines is 1. The second-order valence-electron chi connectivity index (χ2n) is 3.83. The third kappa shape index (κ3) is 3.21. The lowest BCUT2D eigenvalue weighted by Gasteiger charge is -2.10. The Morgan fingerprint density at radius 2 is 2.00 bits per heavy atom. The van der Waals surface area contributed by atoms with E-state index in [1.54, 1.807) is 6.92 Å². The van der Waals surface area contributed by atoms with Crippen LogP contribution in [0.2, 0.25) is 5.15 Å². The number of nitrogens with zero attached hydrogens (tertiary/aromatic N) is 1. The molecule has 7 heteroatoms. The summed E-state index contributed by atoms with van der Waals surface area (Å²) >= 11 is 5.69. The topological polar surface area (TPSA) is 59.1 Å². The van der Waals surface area contributed by atoms with Crippen LogP contribution in [0.4, 0.5) is 10.1 Å². The molecule has 4 nitrogen and oxygen atoms in total. The monoisotopic (exact) mass is 300 g/mol. The summed E-state index contributed by atoms with van der Waals surface area (Å²) in [6.07, 6.45) is 0. The van der Waals surface area contributed by atoms with Crippen molar-refractivity contribution in [1.29, 1.82) is 0 Å². The van der Waals surface area contributed by atoms with Crippen molar-refractivity contribution in [2.45, 2.75) is 11.8 Å². The average Bonchev–Trinajstić information content (AvgIpc) is 2.33. The van der Waals surface area contributed by atoms with Crippen LogP contribution < -0.4 is 4.72 Å². The van der Waals surface area contributed by atoms with Crippen molar-refractivity contribution in [2.75, 3.05) is 4.72 Å². The van der Waals surface area contributed by atoms with Crippen LogP contribution in [0.25, 0.3) is 0 Å². The van der Waals surface area contributed by atoms with Gasteiger partial charge in [0.2, 0.25) is 0 Å². The van der Waals surface area contributed by atoms with Gasteiger partial charge in [0.25, 0.3) is 10.0 Å². The quantitative estimate of drug-likeness (QED) is 0.887. The molecule has 0 atom stereocenters. The van der Waals surface area contributed by atoms with E-state index in [-0.39, 0.29) is 10.0 Å². The zero-order valence-corrected chi connectivity index (χ0v) is 11.5. The molecular weight excluding hydrogens is 291 g/mol. The standard InChI is InChI=1S/C12H10ClFN2O2S/c1-8-11(5-6-12(13)15-8)16-19(17,18)10-4-2-3-9(14)7-10/h2-7,16H,1H3. The lowest BCUT2D eigenvalue weighted by atomic mass is 10.3. The molecule has 0 aliphatic rings. The van der Waals surface area contributed by atoms with E-state index in [1.165, 1.54) is 30.3 Å². The van der Waals surface area contributed by atoms with Gasteiger partial charge < -0.3 is 0 Å². The minimum Gasteiger partial charge on any atom is -0.278 e. The fourth-order valence-electron chi connectivity index (χ4n) is 1.48. The van der Waals surface area contributed by atoms with Gasteiger partial charge in [-0.2, -0.15) is 0 Å². The van der Waals surface area contributed by atoms with Crippen molar-refractivity contribution < 1.29 is 12.8 Å². The van der Waals surface area contributed by atoms with Crippen molar-refractivity contribution in [1.82, 2.24) is 4.98 Å². The summed E-state index contributed by atoms with van der Waals surface area (Å²) < 4.78 is 39.5. The van der Waals surface area contributed by atoms with Gasteiger partial charge in [0.05, 0.1) is 16.3 Å². The molecule has 0 aliphatic carbocycles. The van der Waals surface area contributed by atoms with Crippen LogP contribution >= 0.6 is 11.6 Å².